The number of ketones is 1. The summed E-state index contributed by atoms with van der Waals surface area (Å²) in [6.45, 7) is 3.01. The van der Waals surface area contributed by atoms with Gasteiger partial charge in [0.05, 0.1) is 10.6 Å². The zero-order chi connectivity index (χ0) is 18.2. The highest BCUT2D eigenvalue weighted by Crippen LogP contribution is 2.32. The average molecular weight is 360 g/mol. The number of anilines is 2. The van der Waals surface area contributed by atoms with E-state index in [9.17, 15) is 18.0 Å². The molecule has 1 unspecified atom stereocenters. The second kappa shape index (κ2) is 6.21. The smallest absolute Gasteiger partial charge is 0.265 e. The Kier molecular flexibility index (Phi) is 4.22. The van der Waals surface area contributed by atoms with E-state index in [2.05, 4.69) is 10.0 Å². The second-order valence-corrected chi connectivity index (χ2v) is 7.33. The molecule has 0 bridgehead atoms. The van der Waals surface area contributed by atoms with Crippen LogP contribution >= 0.6 is 0 Å². The Balaban J connectivity index is 1.91. The fourth-order valence-corrected chi connectivity index (χ4v) is 3.45. The van der Waals surface area contributed by atoms with E-state index in [1.165, 1.54) is 31.2 Å². The first-order valence-electron chi connectivity index (χ1n) is 7.52. The van der Waals surface area contributed by atoms with Crippen molar-refractivity contribution in [2.45, 2.75) is 24.8 Å². The summed E-state index contributed by atoms with van der Waals surface area (Å²) >= 11 is 0. The maximum atomic E-state index is 12.6. The predicted octanol–water partition coefficient (Wildman–Crippen LogP) is 2.41. The predicted molar refractivity (Wildman–Crippen MR) is 92.4 cm³/mol. The third kappa shape index (κ3) is 3.48. The van der Waals surface area contributed by atoms with Crippen molar-refractivity contribution in [1.82, 2.24) is 0 Å². The van der Waals surface area contributed by atoms with Crippen LogP contribution in [0.3, 0.4) is 0 Å². The minimum Gasteiger partial charge on any atom is -0.479 e. The molecule has 2 aromatic rings. The highest BCUT2D eigenvalue weighted by atomic mass is 32.2. The first-order valence-corrected chi connectivity index (χ1v) is 9.00. The van der Waals surface area contributed by atoms with E-state index in [1.807, 2.05) is 0 Å². The van der Waals surface area contributed by atoms with E-state index < -0.39 is 16.1 Å². The maximum Gasteiger partial charge on any atom is 0.265 e. The van der Waals surface area contributed by atoms with Gasteiger partial charge >= 0.3 is 0 Å². The normalized spacial score (nSPS) is 16.4. The van der Waals surface area contributed by atoms with Gasteiger partial charge in [0.25, 0.3) is 15.9 Å². The molecule has 1 aliphatic heterocycles. The number of Topliss-reactive ketones (excluding diaryl/α,β-unsaturated/α-hetero) is 1. The van der Waals surface area contributed by atoms with Gasteiger partial charge < -0.3 is 10.1 Å². The van der Waals surface area contributed by atoms with Crippen molar-refractivity contribution in [3.05, 3.63) is 48.0 Å². The van der Waals surface area contributed by atoms with E-state index >= 15 is 0 Å². The lowest BCUT2D eigenvalue weighted by molar-refractivity contribution is -0.122. The number of ether oxygens (including phenoxy) is 1. The molecule has 130 valence electrons. The van der Waals surface area contributed by atoms with Crippen molar-refractivity contribution in [3.8, 4) is 5.75 Å². The monoisotopic (exact) mass is 360 g/mol. The van der Waals surface area contributed by atoms with Crippen LogP contribution < -0.4 is 14.8 Å². The molecule has 1 amide bonds. The number of fused-ring (bicyclic) bond motifs is 1. The lowest BCUT2D eigenvalue weighted by atomic mass is 10.1. The Morgan fingerprint density at radius 2 is 1.96 bits per heavy atom. The van der Waals surface area contributed by atoms with Crippen molar-refractivity contribution in [2.24, 2.45) is 0 Å². The lowest BCUT2D eigenvalue weighted by Gasteiger charge is -2.23. The number of rotatable bonds is 4. The Bertz CT molecular complexity index is 969. The second-order valence-electron chi connectivity index (χ2n) is 5.65. The van der Waals surface area contributed by atoms with Crippen LogP contribution in [0.4, 0.5) is 11.4 Å². The van der Waals surface area contributed by atoms with Crippen LogP contribution in [0.2, 0.25) is 0 Å². The van der Waals surface area contributed by atoms with Gasteiger partial charge in [0.2, 0.25) is 0 Å². The number of carbonyl (C=O) groups is 2. The molecule has 3 rings (SSSR count). The summed E-state index contributed by atoms with van der Waals surface area (Å²) in [5, 5.41) is 2.61. The van der Waals surface area contributed by atoms with Gasteiger partial charge in [-0.25, -0.2) is 8.42 Å². The molecule has 25 heavy (non-hydrogen) atoms. The molecular weight excluding hydrogens is 344 g/mol. The standard InChI is InChI=1S/C17H16N2O5S/c1-10(20)12-4-3-5-13(8-12)19-25(22,23)14-6-7-16-15(9-14)18-17(21)11(2)24-16/h3-9,11,19H,1-2H3,(H,18,21). The number of carbonyl (C=O) groups excluding carboxylic acids is 2. The van der Waals surface area contributed by atoms with E-state index in [0.29, 0.717) is 17.0 Å². The summed E-state index contributed by atoms with van der Waals surface area (Å²) in [4.78, 5) is 23.1. The molecule has 1 atom stereocenters. The minimum absolute atomic E-state index is 0.0297. The van der Waals surface area contributed by atoms with Gasteiger partial charge in [0, 0.05) is 11.3 Å². The number of benzene rings is 2. The van der Waals surface area contributed by atoms with Gasteiger partial charge in [-0.05, 0) is 44.2 Å². The van der Waals surface area contributed by atoms with Crippen LogP contribution in [-0.4, -0.2) is 26.2 Å². The van der Waals surface area contributed by atoms with E-state index in [1.54, 1.807) is 25.1 Å². The SMILES string of the molecule is CC(=O)c1cccc(NS(=O)(=O)c2ccc3c(c2)NC(=O)C(C)O3)c1. The van der Waals surface area contributed by atoms with Gasteiger partial charge in [-0.15, -0.1) is 0 Å². The maximum absolute atomic E-state index is 12.6. The molecule has 8 heteroatoms. The number of nitrogens with one attached hydrogen (secondary N) is 2. The third-order valence-electron chi connectivity index (χ3n) is 3.71. The first-order chi connectivity index (χ1) is 11.8. The van der Waals surface area contributed by atoms with Gasteiger partial charge in [-0.1, -0.05) is 12.1 Å². The van der Waals surface area contributed by atoms with Crippen molar-refractivity contribution in [1.29, 1.82) is 0 Å². The number of hydrogen-bond donors (Lipinski definition) is 2. The highest BCUT2D eigenvalue weighted by Gasteiger charge is 2.25. The van der Waals surface area contributed by atoms with Crippen molar-refractivity contribution in [3.63, 3.8) is 0 Å². The first kappa shape index (κ1) is 17.0. The van der Waals surface area contributed by atoms with Crippen LogP contribution in [-0.2, 0) is 14.8 Å². The minimum atomic E-state index is -3.89. The Hall–Kier alpha value is -2.87. The third-order valence-corrected chi connectivity index (χ3v) is 5.09. The van der Waals surface area contributed by atoms with Crippen molar-refractivity contribution < 1.29 is 22.7 Å². The van der Waals surface area contributed by atoms with Crippen molar-refractivity contribution >= 4 is 33.1 Å². The zero-order valence-corrected chi connectivity index (χ0v) is 14.4. The fraction of sp³-hybridized carbons (Fsp3) is 0.176. The molecule has 0 aromatic heterocycles. The molecule has 2 aromatic carbocycles. The summed E-state index contributed by atoms with van der Waals surface area (Å²) in [5.74, 6) is -0.0994. The number of hydrogen-bond acceptors (Lipinski definition) is 5. The van der Waals surface area contributed by atoms with Crippen LogP contribution in [0.5, 0.6) is 5.75 Å². The quantitative estimate of drug-likeness (QED) is 0.815. The summed E-state index contributed by atoms with van der Waals surface area (Å²) in [7, 11) is -3.89. The van der Waals surface area contributed by atoms with Crippen LogP contribution in [0.15, 0.2) is 47.4 Å². The van der Waals surface area contributed by atoms with Crippen molar-refractivity contribution in [2.75, 3.05) is 10.0 Å². The van der Waals surface area contributed by atoms with E-state index in [-0.39, 0.29) is 22.3 Å². The van der Waals surface area contributed by atoms with Crippen LogP contribution in [0.1, 0.15) is 24.2 Å². The number of amides is 1. The molecule has 0 spiro atoms. The Morgan fingerprint density at radius 3 is 2.68 bits per heavy atom. The summed E-state index contributed by atoms with van der Waals surface area (Å²) < 4.78 is 33.0. The van der Waals surface area contributed by atoms with Gasteiger partial charge in [0.15, 0.2) is 11.9 Å². The lowest BCUT2D eigenvalue weighted by Crippen LogP contribution is -2.34. The van der Waals surface area contributed by atoms with Crippen LogP contribution in [0, 0.1) is 0 Å². The molecule has 1 aliphatic rings. The largest absolute Gasteiger partial charge is 0.479 e. The molecule has 1 heterocycles. The molecule has 0 radical (unpaired) electrons. The highest BCUT2D eigenvalue weighted by molar-refractivity contribution is 7.92. The van der Waals surface area contributed by atoms with E-state index in [0.717, 1.165) is 0 Å². The topological polar surface area (TPSA) is 102 Å². The zero-order valence-electron chi connectivity index (χ0n) is 13.6. The number of sulfonamides is 1. The molecule has 7 nitrogen and oxygen atoms in total. The molecule has 0 aliphatic carbocycles. The van der Waals surface area contributed by atoms with Gasteiger partial charge in [-0.3, -0.25) is 14.3 Å². The van der Waals surface area contributed by atoms with Gasteiger partial charge in [0.1, 0.15) is 5.75 Å². The molecule has 0 saturated heterocycles. The summed E-state index contributed by atoms with van der Waals surface area (Å²) in [6, 6.07) is 10.4. The Labute approximate surface area is 145 Å². The van der Waals surface area contributed by atoms with Crippen LogP contribution in [0.25, 0.3) is 0 Å². The molecule has 2 N–H and O–H groups in total. The molecular formula is C17H16N2O5S. The fourth-order valence-electron chi connectivity index (χ4n) is 2.37. The van der Waals surface area contributed by atoms with E-state index in [4.69, 9.17) is 4.74 Å². The Morgan fingerprint density at radius 1 is 1.20 bits per heavy atom. The molecule has 0 fully saturated rings. The average Bonchev–Trinajstić information content (AvgIpc) is 2.55. The van der Waals surface area contributed by atoms with Gasteiger partial charge in [-0.2, -0.15) is 0 Å². The molecule has 0 saturated carbocycles. The summed E-state index contributed by atoms with van der Waals surface area (Å²) in [5.41, 5.74) is 0.975. The summed E-state index contributed by atoms with van der Waals surface area (Å²) in [6.07, 6.45) is -0.637.